The predicted octanol–water partition coefficient (Wildman–Crippen LogP) is 3.54. The molecule has 0 fully saturated rings. The van der Waals surface area contributed by atoms with Gasteiger partial charge in [0.2, 0.25) is 0 Å². The summed E-state index contributed by atoms with van der Waals surface area (Å²) in [4.78, 5) is 12.4. The Morgan fingerprint density at radius 1 is 1.00 bits per heavy atom. The fourth-order valence-electron chi connectivity index (χ4n) is 3.18. The molecule has 0 saturated heterocycles. The van der Waals surface area contributed by atoms with E-state index >= 15 is 0 Å². The molecule has 6 nitrogen and oxygen atoms in total. The molecular formula is C20H17F2N5O. The number of aromatic nitrogens is 3. The Balaban J connectivity index is 1.94. The van der Waals surface area contributed by atoms with Crippen LogP contribution >= 0.6 is 0 Å². The maximum Gasteiger partial charge on any atom is 0.278 e. The third-order valence-electron chi connectivity index (χ3n) is 4.50. The minimum atomic E-state index is -0.713. The zero-order valence-electron chi connectivity index (χ0n) is 15.2. The Bertz CT molecular complexity index is 1280. The Kier molecular flexibility index (Phi) is 4.11. The largest absolute Gasteiger partial charge is 0.399 e. The average molecular weight is 381 g/mol. The number of nitrogens with zero attached hydrogens (tertiary/aromatic N) is 3. The monoisotopic (exact) mass is 381 g/mol. The molecule has 2 heterocycles. The molecule has 0 radical (unpaired) electrons. The van der Waals surface area contributed by atoms with Gasteiger partial charge in [-0.05, 0) is 30.3 Å². The van der Waals surface area contributed by atoms with Crippen LogP contribution in [0.4, 0.5) is 25.8 Å². The molecule has 0 aliphatic carbocycles. The lowest BCUT2D eigenvalue weighted by Crippen LogP contribution is -2.17. The second-order valence-electron chi connectivity index (χ2n) is 6.58. The van der Waals surface area contributed by atoms with E-state index in [4.69, 9.17) is 5.73 Å². The molecule has 0 saturated carbocycles. The molecule has 0 bridgehead atoms. The molecule has 0 spiro atoms. The van der Waals surface area contributed by atoms with Crippen LogP contribution in [0.3, 0.4) is 0 Å². The summed E-state index contributed by atoms with van der Waals surface area (Å²) in [5.74, 6) is -1.37. The van der Waals surface area contributed by atoms with Crippen LogP contribution in [0.5, 0.6) is 0 Å². The van der Waals surface area contributed by atoms with E-state index in [1.165, 1.54) is 16.7 Å². The van der Waals surface area contributed by atoms with Crippen molar-refractivity contribution in [1.29, 1.82) is 0 Å². The first-order chi connectivity index (χ1) is 13.3. The average Bonchev–Trinajstić information content (AvgIpc) is 3.04. The molecule has 0 atom stereocenters. The smallest absolute Gasteiger partial charge is 0.278 e. The number of nitrogens with one attached hydrogen (secondary N) is 1. The van der Waals surface area contributed by atoms with Gasteiger partial charge in [0.05, 0.1) is 5.69 Å². The van der Waals surface area contributed by atoms with E-state index in [9.17, 15) is 13.6 Å². The van der Waals surface area contributed by atoms with Gasteiger partial charge >= 0.3 is 0 Å². The fraction of sp³-hybridized carbons (Fsp3) is 0.100. The van der Waals surface area contributed by atoms with Crippen molar-refractivity contribution >= 4 is 28.0 Å². The lowest BCUT2D eigenvalue weighted by molar-refractivity contribution is 0.586. The maximum atomic E-state index is 14.1. The number of nitrogens with two attached hydrogens (primary N) is 1. The van der Waals surface area contributed by atoms with Crippen LogP contribution in [0.1, 0.15) is 0 Å². The second kappa shape index (κ2) is 6.49. The highest BCUT2D eigenvalue weighted by Crippen LogP contribution is 2.35. The molecule has 3 N–H and O–H groups in total. The van der Waals surface area contributed by atoms with Crippen LogP contribution in [-0.4, -0.2) is 14.3 Å². The van der Waals surface area contributed by atoms with Crippen LogP contribution in [0.25, 0.3) is 22.0 Å². The number of fused-ring (bicyclic) bond motifs is 1. The minimum absolute atomic E-state index is 0.125. The van der Waals surface area contributed by atoms with Crippen molar-refractivity contribution in [1.82, 2.24) is 14.3 Å². The van der Waals surface area contributed by atoms with E-state index in [1.807, 2.05) is 0 Å². The van der Waals surface area contributed by atoms with Crippen LogP contribution in [0.2, 0.25) is 0 Å². The first kappa shape index (κ1) is 17.7. The SMILES string of the molecule is Cn1cc2c(-c3cc(N)ccc3Nc3ccc(F)cc3F)cn(C)c(=O)c2n1. The van der Waals surface area contributed by atoms with Gasteiger partial charge in [0.15, 0.2) is 5.52 Å². The van der Waals surface area contributed by atoms with Gasteiger partial charge in [-0.3, -0.25) is 9.48 Å². The van der Waals surface area contributed by atoms with Crippen molar-refractivity contribution in [3.05, 3.63) is 70.8 Å². The van der Waals surface area contributed by atoms with E-state index < -0.39 is 11.6 Å². The van der Waals surface area contributed by atoms with Crippen molar-refractivity contribution in [3.8, 4) is 11.1 Å². The van der Waals surface area contributed by atoms with Gasteiger partial charge in [-0.1, -0.05) is 0 Å². The lowest BCUT2D eigenvalue weighted by Gasteiger charge is -2.15. The molecule has 0 aliphatic heterocycles. The molecule has 2 aromatic carbocycles. The summed E-state index contributed by atoms with van der Waals surface area (Å²) in [6, 6.07) is 8.43. The van der Waals surface area contributed by atoms with Gasteiger partial charge in [0.25, 0.3) is 5.56 Å². The molecule has 4 aromatic rings. The molecular weight excluding hydrogens is 364 g/mol. The topological polar surface area (TPSA) is 77.9 Å². The maximum absolute atomic E-state index is 14.1. The molecule has 0 amide bonds. The highest BCUT2D eigenvalue weighted by Gasteiger charge is 2.16. The molecule has 8 heteroatoms. The molecule has 0 aliphatic rings. The zero-order valence-corrected chi connectivity index (χ0v) is 15.2. The van der Waals surface area contributed by atoms with E-state index in [-0.39, 0.29) is 11.2 Å². The van der Waals surface area contributed by atoms with Crippen molar-refractivity contribution in [2.45, 2.75) is 0 Å². The predicted molar refractivity (Wildman–Crippen MR) is 105 cm³/mol. The van der Waals surface area contributed by atoms with Crippen molar-refractivity contribution in [2.75, 3.05) is 11.1 Å². The highest BCUT2D eigenvalue weighted by atomic mass is 19.1. The quantitative estimate of drug-likeness (QED) is 0.532. The number of rotatable bonds is 3. The van der Waals surface area contributed by atoms with Crippen LogP contribution in [-0.2, 0) is 14.1 Å². The van der Waals surface area contributed by atoms with Gasteiger partial charge in [-0.25, -0.2) is 8.78 Å². The Morgan fingerprint density at radius 3 is 2.50 bits per heavy atom. The summed E-state index contributed by atoms with van der Waals surface area (Å²) >= 11 is 0. The van der Waals surface area contributed by atoms with Crippen LogP contribution in [0.15, 0.2) is 53.6 Å². The third-order valence-corrected chi connectivity index (χ3v) is 4.50. The number of nitrogen functional groups attached to an aromatic ring is 1. The van der Waals surface area contributed by atoms with Gasteiger partial charge in [-0.15, -0.1) is 0 Å². The highest BCUT2D eigenvalue weighted by molar-refractivity contribution is 5.98. The number of benzene rings is 2. The van der Waals surface area contributed by atoms with Crippen molar-refractivity contribution in [2.24, 2.45) is 14.1 Å². The van der Waals surface area contributed by atoms with Crippen molar-refractivity contribution < 1.29 is 8.78 Å². The summed E-state index contributed by atoms with van der Waals surface area (Å²) in [5, 5.41) is 7.89. The molecule has 0 unspecified atom stereocenters. The molecule has 4 rings (SSSR count). The number of pyridine rings is 1. The Hall–Kier alpha value is -3.68. The number of halogens is 2. The standard InChI is InChI=1S/C20H17F2N5O/c1-26-9-14(15-10-27(2)25-19(15)20(26)28)13-8-12(23)4-6-17(13)24-18-5-3-11(21)7-16(18)22/h3-10,24H,23H2,1-2H3. The first-order valence-electron chi connectivity index (χ1n) is 8.48. The fourth-order valence-corrected chi connectivity index (χ4v) is 3.18. The lowest BCUT2D eigenvalue weighted by atomic mass is 10.0. The molecule has 28 heavy (non-hydrogen) atoms. The summed E-state index contributed by atoms with van der Waals surface area (Å²) in [6.45, 7) is 0. The minimum Gasteiger partial charge on any atom is -0.399 e. The Morgan fingerprint density at radius 2 is 1.75 bits per heavy atom. The van der Waals surface area contributed by atoms with E-state index in [2.05, 4.69) is 10.4 Å². The molecule has 2 aromatic heterocycles. The Labute approximate surface area is 158 Å². The molecule has 142 valence electrons. The van der Waals surface area contributed by atoms with Crippen molar-refractivity contribution in [3.63, 3.8) is 0 Å². The summed E-state index contributed by atoms with van der Waals surface area (Å²) in [6.07, 6.45) is 3.44. The van der Waals surface area contributed by atoms with Crippen LogP contribution < -0.4 is 16.6 Å². The number of aryl methyl sites for hydroxylation is 2. The van der Waals surface area contributed by atoms with E-state index in [0.29, 0.717) is 33.4 Å². The second-order valence-corrected chi connectivity index (χ2v) is 6.58. The van der Waals surface area contributed by atoms with Crippen LogP contribution in [0, 0.1) is 11.6 Å². The summed E-state index contributed by atoms with van der Waals surface area (Å²) < 4.78 is 30.4. The van der Waals surface area contributed by atoms with E-state index in [1.54, 1.807) is 49.4 Å². The number of anilines is 3. The number of hydrogen-bond donors (Lipinski definition) is 2. The van der Waals surface area contributed by atoms with Gasteiger partial charge in [0.1, 0.15) is 11.6 Å². The van der Waals surface area contributed by atoms with Gasteiger partial charge in [-0.2, -0.15) is 5.10 Å². The summed E-state index contributed by atoms with van der Waals surface area (Å²) in [7, 11) is 3.37. The van der Waals surface area contributed by atoms with E-state index in [0.717, 1.165) is 6.07 Å². The summed E-state index contributed by atoms with van der Waals surface area (Å²) in [5.41, 5.74) is 8.65. The van der Waals surface area contributed by atoms with Gasteiger partial charge in [0, 0.05) is 60.4 Å². The van der Waals surface area contributed by atoms with Gasteiger partial charge < -0.3 is 15.6 Å². The number of hydrogen-bond acceptors (Lipinski definition) is 4. The first-order valence-corrected chi connectivity index (χ1v) is 8.48. The third kappa shape index (κ3) is 2.98. The normalized spacial score (nSPS) is 11.1. The zero-order chi connectivity index (χ0) is 20.0.